The lowest BCUT2D eigenvalue weighted by atomic mass is 10.1. The highest BCUT2D eigenvalue weighted by Gasteiger charge is 1.98. The van der Waals surface area contributed by atoms with Crippen LogP contribution in [0.3, 0.4) is 0 Å². The Morgan fingerprint density at radius 2 is 2.07 bits per heavy atom. The monoisotopic (exact) mass is 191 g/mol. The van der Waals surface area contributed by atoms with E-state index in [9.17, 15) is 4.79 Å². The second-order valence-electron chi connectivity index (χ2n) is 2.90. The summed E-state index contributed by atoms with van der Waals surface area (Å²) >= 11 is 0. The molecular formula is C11H13NO2. The third kappa shape index (κ3) is 3.31. The molecule has 3 nitrogen and oxygen atoms in total. The molecule has 0 aromatic heterocycles. The van der Waals surface area contributed by atoms with E-state index in [1.807, 2.05) is 30.3 Å². The lowest BCUT2D eigenvalue weighted by Gasteiger charge is -2.00. The van der Waals surface area contributed by atoms with Crippen molar-refractivity contribution in [2.45, 2.75) is 6.42 Å². The van der Waals surface area contributed by atoms with E-state index in [1.54, 1.807) is 0 Å². The van der Waals surface area contributed by atoms with Gasteiger partial charge in [-0.05, 0) is 5.56 Å². The molecule has 0 bridgehead atoms. The number of carbonyl (C=O) groups excluding carboxylic acids is 1. The average molecular weight is 191 g/mol. The smallest absolute Gasteiger partial charge is 0.332 e. The van der Waals surface area contributed by atoms with Crippen molar-refractivity contribution in [2.75, 3.05) is 7.11 Å². The lowest BCUT2D eigenvalue weighted by Crippen LogP contribution is -2.06. The van der Waals surface area contributed by atoms with Crippen molar-refractivity contribution in [3.05, 3.63) is 47.7 Å². The Bertz CT molecular complexity index is 330. The number of ether oxygens (including phenoxy) is 1. The maximum atomic E-state index is 10.8. The van der Waals surface area contributed by atoms with Gasteiger partial charge >= 0.3 is 5.97 Å². The summed E-state index contributed by atoms with van der Waals surface area (Å²) in [5, 5.41) is 0. The van der Waals surface area contributed by atoms with E-state index in [4.69, 9.17) is 5.73 Å². The molecule has 0 saturated heterocycles. The van der Waals surface area contributed by atoms with Crippen LogP contribution in [0.5, 0.6) is 0 Å². The summed E-state index contributed by atoms with van der Waals surface area (Å²) in [6.45, 7) is 0. The quantitative estimate of drug-likeness (QED) is 0.577. The zero-order valence-corrected chi connectivity index (χ0v) is 8.07. The minimum atomic E-state index is -0.418. The molecule has 74 valence electrons. The first-order chi connectivity index (χ1) is 6.72. The predicted octanol–water partition coefficient (Wildman–Crippen LogP) is 1.24. The highest BCUT2D eigenvalue weighted by atomic mass is 16.5. The van der Waals surface area contributed by atoms with Crippen molar-refractivity contribution >= 4 is 5.97 Å². The fourth-order valence-electron chi connectivity index (χ4n) is 1.09. The molecule has 1 aromatic carbocycles. The SMILES string of the molecule is COC(=O)/C=C(\N)Cc1ccccc1. The van der Waals surface area contributed by atoms with Crippen LogP contribution in [-0.4, -0.2) is 13.1 Å². The maximum Gasteiger partial charge on any atom is 0.332 e. The van der Waals surface area contributed by atoms with E-state index in [1.165, 1.54) is 13.2 Å². The summed E-state index contributed by atoms with van der Waals surface area (Å²) in [7, 11) is 1.33. The third-order valence-electron chi connectivity index (χ3n) is 1.76. The van der Waals surface area contributed by atoms with Gasteiger partial charge in [-0.2, -0.15) is 0 Å². The van der Waals surface area contributed by atoms with E-state index >= 15 is 0 Å². The summed E-state index contributed by atoms with van der Waals surface area (Å²) in [5.74, 6) is -0.418. The summed E-state index contributed by atoms with van der Waals surface area (Å²) in [5.41, 5.74) is 7.22. The molecule has 14 heavy (non-hydrogen) atoms. The van der Waals surface area contributed by atoms with Gasteiger partial charge in [-0.15, -0.1) is 0 Å². The second kappa shape index (κ2) is 5.07. The van der Waals surface area contributed by atoms with Gasteiger partial charge in [-0.1, -0.05) is 30.3 Å². The maximum absolute atomic E-state index is 10.8. The molecular weight excluding hydrogens is 178 g/mol. The largest absolute Gasteiger partial charge is 0.466 e. The van der Waals surface area contributed by atoms with Crippen molar-refractivity contribution in [3.63, 3.8) is 0 Å². The number of allylic oxidation sites excluding steroid dienone is 1. The molecule has 1 rings (SSSR count). The minimum absolute atomic E-state index is 0.418. The molecule has 0 heterocycles. The Balaban J connectivity index is 2.61. The van der Waals surface area contributed by atoms with Gasteiger partial charge in [0.05, 0.1) is 7.11 Å². The van der Waals surface area contributed by atoms with Gasteiger partial charge in [-0.25, -0.2) is 4.79 Å². The molecule has 0 radical (unpaired) electrons. The van der Waals surface area contributed by atoms with Crippen LogP contribution in [0.15, 0.2) is 42.1 Å². The van der Waals surface area contributed by atoms with Gasteiger partial charge < -0.3 is 10.5 Å². The van der Waals surface area contributed by atoms with Crippen molar-refractivity contribution in [1.82, 2.24) is 0 Å². The topological polar surface area (TPSA) is 52.3 Å². The van der Waals surface area contributed by atoms with Crippen LogP contribution in [0.4, 0.5) is 0 Å². The van der Waals surface area contributed by atoms with Gasteiger partial charge in [0.25, 0.3) is 0 Å². The zero-order valence-electron chi connectivity index (χ0n) is 8.07. The molecule has 0 spiro atoms. The molecule has 2 N–H and O–H groups in total. The van der Waals surface area contributed by atoms with E-state index in [0.29, 0.717) is 12.1 Å². The summed E-state index contributed by atoms with van der Waals surface area (Å²) in [6.07, 6.45) is 1.86. The Morgan fingerprint density at radius 3 is 2.64 bits per heavy atom. The highest BCUT2D eigenvalue weighted by molar-refractivity contribution is 5.82. The normalized spacial score (nSPS) is 11.1. The van der Waals surface area contributed by atoms with Crippen LogP contribution in [0.1, 0.15) is 5.56 Å². The number of nitrogens with two attached hydrogens (primary N) is 1. The Morgan fingerprint density at radius 1 is 1.43 bits per heavy atom. The number of hydrogen-bond acceptors (Lipinski definition) is 3. The predicted molar refractivity (Wildman–Crippen MR) is 54.4 cm³/mol. The molecule has 0 amide bonds. The molecule has 0 aliphatic heterocycles. The molecule has 0 aliphatic carbocycles. The fourth-order valence-corrected chi connectivity index (χ4v) is 1.09. The lowest BCUT2D eigenvalue weighted by molar-refractivity contribution is -0.134. The number of rotatable bonds is 3. The molecule has 0 aliphatic rings. The van der Waals surface area contributed by atoms with Crippen LogP contribution in [0.2, 0.25) is 0 Å². The first kappa shape index (κ1) is 10.3. The van der Waals surface area contributed by atoms with Gasteiger partial charge in [0.15, 0.2) is 0 Å². The second-order valence-corrected chi connectivity index (χ2v) is 2.90. The first-order valence-corrected chi connectivity index (χ1v) is 4.30. The first-order valence-electron chi connectivity index (χ1n) is 4.30. The van der Waals surface area contributed by atoms with Crippen molar-refractivity contribution in [2.24, 2.45) is 5.73 Å². The average Bonchev–Trinajstić information content (AvgIpc) is 2.19. The minimum Gasteiger partial charge on any atom is -0.466 e. The van der Waals surface area contributed by atoms with Crippen LogP contribution in [0.25, 0.3) is 0 Å². The Labute approximate surface area is 83.2 Å². The molecule has 3 heteroatoms. The van der Waals surface area contributed by atoms with Gasteiger partial charge in [0, 0.05) is 18.2 Å². The number of methoxy groups -OCH3 is 1. The summed E-state index contributed by atoms with van der Waals surface area (Å²) in [6, 6.07) is 9.71. The van der Waals surface area contributed by atoms with E-state index in [-0.39, 0.29) is 0 Å². The van der Waals surface area contributed by atoms with Crippen molar-refractivity contribution < 1.29 is 9.53 Å². The number of benzene rings is 1. The van der Waals surface area contributed by atoms with Gasteiger partial charge in [0.2, 0.25) is 0 Å². The Kier molecular flexibility index (Phi) is 3.73. The molecule has 0 fully saturated rings. The number of esters is 1. The van der Waals surface area contributed by atoms with Crippen molar-refractivity contribution in [1.29, 1.82) is 0 Å². The zero-order chi connectivity index (χ0) is 10.4. The fraction of sp³-hybridized carbons (Fsp3) is 0.182. The van der Waals surface area contributed by atoms with Crippen molar-refractivity contribution in [3.8, 4) is 0 Å². The molecule has 1 aromatic rings. The Hall–Kier alpha value is -1.77. The van der Waals surface area contributed by atoms with Crippen LogP contribution < -0.4 is 5.73 Å². The van der Waals surface area contributed by atoms with E-state index < -0.39 is 5.97 Å². The highest BCUT2D eigenvalue weighted by Crippen LogP contribution is 2.03. The van der Waals surface area contributed by atoms with Gasteiger partial charge in [-0.3, -0.25) is 0 Å². The van der Waals surface area contributed by atoms with Gasteiger partial charge in [0.1, 0.15) is 0 Å². The third-order valence-corrected chi connectivity index (χ3v) is 1.76. The summed E-state index contributed by atoms with van der Waals surface area (Å²) in [4.78, 5) is 10.8. The van der Waals surface area contributed by atoms with Crippen LogP contribution >= 0.6 is 0 Å². The summed E-state index contributed by atoms with van der Waals surface area (Å²) < 4.78 is 4.46. The molecule has 0 saturated carbocycles. The molecule has 0 unspecified atom stereocenters. The molecule has 0 atom stereocenters. The van der Waals surface area contributed by atoms with E-state index in [2.05, 4.69) is 4.74 Å². The van der Waals surface area contributed by atoms with Crippen LogP contribution in [-0.2, 0) is 16.0 Å². The standard InChI is InChI=1S/C11H13NO2/c1-14-11(13)8-10(12)7-9-5-3-2-4-6-9/h2-6,8H,7,12H2,1H3/b10-8-. The van der Waals surface area contributed by atoms with E-state index in [0.717, 1.165) is 5.56 Å². The number of hydrogen-bond donors (Lipinski definition) is 1. The number of carbonyl (C=O) groups is 1. The van der Waals surface area contributed by atoms with Crippen LogP contribution in [0, 0.1) is 0 Å².